The first-order chi connectivity index (χ1) is 16.6. The Morgan fingerprint density at radius 3 is 2.47 bits per heavy atom. The minimum atomic E-state index is -0.953. The molecule has 0 saturated carbocycles. The van der Waals surface area contributed by atoms with Gasteiger partial charge in [0, 0.05) is 48.1 Å². The number of amides is 2. The van der Waals surface area contributed by atoms with E-state index in [1.54, 1.807) is 24.3 Å². The molecule has 0 radical (unpaired) electrons. The van der Waals surface area contributed by atoms with Crippen LogP contribution in [0.15, 0.2) is 67.0 Å². The zero-order valence-electron chi connectivity index (χ0n) is 19.1. The molecule has 3 aromatic rings. The van der Waals surface area contributed by atoms with Crippen molar-refractivity contribution in [3.8, 4) is 0 Å². The number of ether oxygens (including phenoxy) is 1. The molecule has 1 aliphatic heterocycles. The second-order valence-electron chi connectivity index (χ2n) is 8.30. The Labute approximate surface area is 198 Å². The lowest BCUT2D eigenvalue weighted by molar-refractivity contribution is -0.145. The Balaban J connectivity index is 1.34. The summed E-state index contributed by atoms with van der Waals surface area (Å²) in [7, 11) is 1.26. The highest BCUT2D eigenvalue weighted by molar-refractivity contribution is 5.95. The van der Waals surface area contributed by atoms with Crippen molar-refractivity contribution in [1.29, 1.82) is 0 Å². The number of fused-ring (bicyclic) bond motifs is 1. The van der Waals surface area contributed by atoms with Gasteiger partial charge in [0.05, 0.1) is 19.0 Å². The van der Waals surface area contributed by atoms with Gasteiger partial charge in [-0.15, -0.1) is 0 Å². The number of nitrogens with zero attached hydrogens (tertiary/aromatic N) is 2. The molecule has 2 heterocycles. The molecule has 176 valence electrons. The highest BCUT2D eigenvalue weighted by atomic mass is 16.5. The molecule has 0 spiro atoms. The summed E-state index contributed by atoms with van der Waals surface area (Å²) in [6, 6.07) is 15.9. The number of piperidine rings is 1. The van der Waals surface area contributed by atoms with Crippen LogP contribution in [0.2, 0.25) is 0 Å². The van der Waals surface area contributed by atoms with Gasteiger partial charge in [0.2, 0.25) is 5.91 Å². The molecule has 2 aromatic carbocycles. The molecule has 1 saturated heterocycles. The van der Waals surface area contributed by atoms with Crippen LogP contribution in [0, 0.1) is 5.92 Å². The van der Waals surface area contributed by atoms with E-state index in [1.165, 1.54) is 7.11 Å². The molecule has 1 aromatic heterocycles. The molecule has 2 N–H and O–H groups in total. The third kappa shape index (κ3) is 5.33. The average Bonchev–Trinajstić information content (AvgIpc) is 2.90. The molecule has 8 heteroatoms. The topological polar surface area (TPSA) is 101 Å². The van der Waals surface area contributed by atoms with E-state index in [9.17, 15) is 14.4 Å². The maximum atomic E-state index is 12.9. The molecule has 0 aliphatic carbocycles. The highest BCUT2D eigenvalue weighted by Gasteiger charge is 2.30. The number of hydrogen-bond donors (Lipinski definition) is 2. The van der Waals surface area contributed by atoms with Gasteiger partial charge in [-0.2, -0.15) is 0 Å². The van der Waals surface area contributed by atoms with Crippen LogP contribution in [-0.2, 0) is 14.3 Å². The smallest absolute Gasteiger partial charge is 0.330 e. The number of anilines is 1. The second kappa shape index (κ2) is 10.8. The van der Waals surface area contributed by atoms with Gasteiger partial charge >= 0.3 is 5.97 Å². The van der Waals surface area contributed by atoms with Crippen molar-refractivity contribution in [3.05, 3.63) is 72.6 Å². The van der Waals surface area contributed by atoms with Gasteiger partial charge in [0.25, 0.3) is 5.91 Å². The first kappa shape index (κ1) is 23.2. The van der Waals surface area contributed by atoms with Crippen molar-refractivity contribution in [2.45, 2.75) is 18.9 Å². The van der Waals surface area contributed by atoms with Crippen molar-refractivity contribution in [2.24, 2.45) is 5.92 Å². The predicted molar refractivity (Wildman–Crippen MR) is 129 cm³/mol. The monoisotopic (exact) mass is 460 g/mol. The summed E-state index contributed by atoms with van der Waals surface area (Å²) in [5.41, 5.74) is 1.54. The molecule has 1 atom stereocenters. The molecule has 1 fully saturated rings. The fourth-order valence-corrected chi connectivity index (χ4v) is 4.25. The van der Waals surface area contributed by atoms with Crippen LogP contribution in [0.25, 0.3) is 10.8 Å². The molecule has 2 amide bonds. The maximum Gasteiger partial charge on any atom is 0.330 e. The Hall–Kier alpha value is -3.94. The summed E-state index contributed by atoms with van der Waals surface area (Å²) in [6.07, 6.45) is 5.02. The van der Waals surface area contributed by atoms with Gasteiger partial charge in [-0.3, -0.25) is 14.6 Å². The summed E-state index contributed by atoms with van der Waals surface area (Å²) in [5, 5.41) is 7.69. The first-order valence-electron chi connectivity index (χ1n) is 11.4. The van der Waals surface area contributed by atoms with E-state index in [-0.39, 0.29) is 24.3 Å². The SMILES string of the molecule is COC(=O)C(CNC(=O)c1ccccc1)NC(=O)C1CCN(c2cncc3ccccc23)CC1. The molecule has 1 aliphatic rings. The summed E-state index contributed by atoms with van der Waals surface area (Å²) in [4.78, 5) is 44.1. The van der Waals surface area contributed by atoms with Gasteiger partial charge < -0.3 is 20.3 Å². The third-order valence-corrected chi connectivity index (χ3v) is 6.16. The third-order valence-electron chi connectivity index (χ3n) is 6.16. The average molecular weight is 461 g/mol. The Bertz CT molecular complexity index is 1150. The lowest BCUT2D eigenvalue weighted by atomic mass is 9.95. The second-order valence-corrected chi connectivity index (χ2v) is 8.30. The number of rotatable bonds is 7. The van der Waals surface area contributed by atoms with Crippen LogP contribution in [-0.4, -0.2) is 55.6 Å². The lowest BCUT2D eigenvalue weighted by Gasteiger charge is -2.34. The van der Waals surface area contributed by atoms with Crippen LogP contribution in [0.4, 0.5) is 5.69 Å². The number of nitrogens with one attached hydrogen (secondary N) is 2. The molecule has 34 heavy (non-hydrogen) atoms. The normalized spacial score (nSPS) is 14.9. The van der Waals surface area contributed by atoms with Crippen molar-refractivity contribution < 1.29 is 19.1 Å². The molecule has 0 bridgehead atoms. The largest absolute Gasteiger partial charge is 0.467 e. The van der Waals surface area contributed by atoms with Crippen molar-refractivity contribution in [2.75, 3.05) is 31.6 Å². The molecule has 4 rings (SSSR count). The molecule has 1 unspecified atom stereocenters. The Morgan fingerprint density at radius 1 is 1.03 bits per heavy atom. The summed E-state index contributed by atoms with van der Waals surface area (Å²) < 4.78 is 4.83. The maximum absolute atomic E-state index is 12.9. The van der Waals surface area contributed by atoms with Gasteiger partial charge in [0.15, 0.2) is 0 Å². The van der Waals surface area contributed by atoms with Crippen molar-refractivity contribution in [3.63, 3.8) is 0 Å². The van der Waals surface area contributed by atoms with Crippen molar-refractivity contribution >= 4 is 34.2 Å². The summed E-state index contributed by atoms with van der Waals surface area (Å²) >= 11 is 0. The van der Waals surface area contributed by atoms with E-state index < -0.39 is 12.0 Å². The fraction of sp³-hybridized carbons (Fsp3) is 0.308. The predicted octanol–water partition coefficient (Wildman–Crippen LogP) is 2.54. The molecular weight excluding hydrogens is 432 g/mol. The van der Waals surface area contributed by atoms with E-state index in [0.717, 1.165) is 16.5 Å². The van der Waals surface area contributed by atoms with Gasteiger partial charge in [0.1, 0.15) is 6.04 Å². The van der Waals surface area contributed by atoms with Gasteiger partial charge in [-0.25, -0.2) is 4.79 Å². The first-order valence-corrected chi connectivity index (χ1v) is 11.4. The van der Waals surface area contributed by atoms with Crippen LogP contribution >= 0.6 is 0 Å². The Morgan fingerprint density at radius 2 is 1.74 bits per heavy atom. The van der Waals surface area contributed by atoms with Crippen LogP contribution in [0.3, 0.4) is 0 Å². The van der Waals surface area contributed by atoms with E-state index in [4.69, 9.17) is 4.74 Å². The highest BCUT2D eigenvalue weighted by Crippen LogP contribution is 2.29. The number of hydrogen-bond acceptors (Lipinski definition) is 6. The minimum absolute atomic E-state index is 0.0489. The minimum Gasteiger partial charge on any atom is -0.467 e. The zero-order valence-corrected chi connectivity index (χ0v) is 19.1. The van der Waals surface area contributed by atoms with Crippen LogP contribution < -0.4 is 15.5 Å². The zero-order chi connectivity index (χ0) is 23.9. The quantitative estimate of drug-likeness (QED) is 0.526. The number of carbonyl (C=O) groups is 3. The number of aromatic nitrogens is 1. The van der Waals surface area contributed by atoms with Crippen molar-refractivity contribution in [1.82, 2.24) is 15.6 Å². The number of carbonyl (C=O) groups excluding carboxylic acids is 3. The number of esters is 1. The van der Waals surface area contributed by atoms with E-state index in [2.05, 4.69) is 26.6 Å². The van der Waals surface area contributed by atoms with E-state index >= 15 is 0 Å². The fourth-order valence-electron chi connectivity index (χ4n) is 4.25. The summed E-state index contributed by atoms with van der Waals surface area (Å²) in [6.45, 7) is 1.37. The van der Waals surface area contributed by atoms with E-state index in [0.29, 0.717) is 31.5 Å². The van der Waals surface area contributed by atoms with Crippen LogP contribution in [0.5, 0.6) is 0 Å². The lowest BCUT2D eigenvalue weighted by Crippen LogP contribution is -2.51. The van der Waals surface area contributed by atoms with E-state index in [1.807, 2.05) is 36.7 Å². The standard InChI is InChI=1S/C26H28N4O4/c1-34-26(33)22(16-28-24(31)18-7-3-2-4-8-18)29-25(32)19-11-13-30(14-12-19)23-17-27-15-20-9-5-6-10-21(20)23/h2-10,15,17,19,22H,11-14,16H2,1H3,(H,28,31)(H,29,32). The summed E-state index contributed by atoms with van der Waals surface area (Å²) in [5.74, 6) is -1.35. The van der Waals surface area contributed by atoms with Gasteiger partial charge in [-0.1, -0.05) is 42.5 Å². The molecule has 8 nitrogen and oxygen atoms in total. The van der Waals surface area contributed by atoms with Gasteiger partial charge in [-0.05, 0) is 25.0 Å². The number of pyridine rings is 1. The molecular formula is C26H28N4O4. The number of methoxy groups -OCH3 is 1. The van der Waals surface area contributed by atoms with Crippen LogP contribution in [0.1, 0.15) is 23.2 Å². The Kier molecular flexibility index (Phi) is 7.37. The number of benzene rings is 2.